The number of aliphatic carboxylic acids is 1. The first kappa shape index (κ1) is 9.85. The molecular formula is C13H15NO2. The van der Waals surface area contributed by atoms with Gasteiger partial charge in [-0.15, -0.1) is 0 Å². The standard InChI is InChI=1S/C13H15NO2/c15-12(16)13(9-4-2-1-3-5-9)7-11-6-10(13)8-14-11/h1-5,10-11,14H,6-8H2,(H,15,16)/t10-,11-,13-/m0/s1. The molecule has 0 radical (unpaired) electrons. The fraction of sp³-hybridized carbons (Fsp3) is 0.462. The van der Waals surface area contributed by atoms with Crippen molar-refractivity contribution in [3.8, 4) is 0 Å². The molecule has 3 rings (SSSR count). The lowest BCUT2D eigenvalue weighted by Gasteiger charge is -2.34. The highest BCUT2D eigenvalue weighted by molar-refractivity contribution is 5.83. The molecule has 1 saturated heterocycles. The summed E-state index contributed by atoms with van der Waals surface area (Å²) in [7, 11) is 0. The zero-order valence-corrected chi connectivity index (χ0v) is 9.02. The van der Waals surface area contributed by atoms with Crippen molar-refractivity contribution in [1.82, 2.24) is 5.32 Å². The molecule has 3 atom stereocenters. The average molecular weight is 217 g/mol. The van der Waals surface area contributed by atoms with E-state index >= 15 is 0 Å². The van der Waals surface area contributed by atoms with Crippen LogP contribution in [0.25, 0.3) is 0 Å². The molecule has 0 unspecified atom stereocenters. The first-order valence-electron chi connectivity index (χ1n) is 5.76. The summed E-state index contributed by atoms with van der Waals surface area (Å²) >= 11 is 0. The SMILES string of the molecule is O=C(O)[C@]1(c2ccccc2)C[C@@H]2C[C@H]1CN2. The third kappa shape index (κ3) is 1.15. The lowest BCUT2D eigenvalue weighted by atomic mass is 9.71. The van der Waals surface area contributed by atoms with Gasteiger partial charge in [0.2, 0.25) is 0 Å². The van der Waals surface area contributed by atoms with Crippen molar-refractivity contribution in [2.45, 2.75) is 24.3 Å². The van der Waals surface area contributed by atoms with E-state index in [0.29, 0.717) is 6.04 Å². The molecular weight excluding hydrogens is 202 g/mol. The van der Waals surface area contributed by atoms with Crippen LogP contribution in [0.15, 0.2) is 30.3 Å². The number of rotatable bonds is 2. The van der Waals surface area contributed by atoms with E-state index in [1.807, 2.05) is 30.3 Å². The molecule has 84 valence electrons. The number of fused-ring (bicyclic) bond motifs is 2. The minimum absolute atomic E-state index is 0.248. The monoisotopic (exact) mass is 217 g/mol. The van der Waals surface area contributed by atoms with Crippen molar-refractivity contribution in [3.05, 3.63) is 35.9 Å². The van der Waals surface area contributed by atoms with E-state index in [9.17, 15) is 9.90 Å². The number of carboxylic acids is 1. The van der Waals surface area contributed by atoms with Gasteiger partial charge in [-0.2, -0.15) is 0 Å². The van der Waals surface area contributed by atoms with Gasteiger partial charge < -0.3 is 10.4 Å². The lowest BCUT2D eigenvalue weighted by Crippen LogP contribution is -2.47. The van der Waals surface area contributed by atoms with Gasteiger partial charge in [0.15, 0.2) is 0 Å². The van der Waals surface area contributed by atoms with Crippen LogP contribution in [0.4, 0.5) is 0 Å². The van der Waals surface area contributed by atoms with Crippen molar-refractivity contribution < 1.29 is 9.90 Å². The molecule has 0 amide bonds. The van der Waals surface area contributed by atoms with E-state index in [1.54, 1.807) is 0 Å². The quantitative estimate of drug-likeness (QED) is 0.787. The molecule has 1 aromatic rings. The summed E-state index contributed by atoms with van der Waals surface area (Å²) in [5.74, 6) is -0.412. The van der Waals surface area contributed by atoms with Gasteiger partial charge in [0.25, 0.3) is 0 Å². The normalized spacial score (nSPS) is 36.5. The van der Waals surface area contributed by atoms with Crippen LogP contribution in [0.2, 0.25) is 0 Å². The Morgan fingerprint density at radius 1 is 1.38 bits per heavy atom. The van der Waals surface area contributed by atoms with Crippen LogP contribution in [0, 0.1) is 5.92 Å². The molecule has 1 aliphatic carbocycles. The van der Waals surface area contributed by atoms with Gasteiger partial charge in [-0.3, -0.25) is 4.79 Å². The fourth-order valence-electron chi connectivity index (χ4n) is 3.38. The highest BCUT2D eigenvalue weighted by atomic mass is 16.4. The molecule has 1 aliphatic heterocycles. The summed E-state index contributed by atoms with van der Waals surface area (Å²) < 4.78 is 0. The Balaban J connectivity index is 2.08. The van der Waals surface area contributed by atoms with Gasteiger partial charge in [-0.1, -0.05) is 30.3 Å². The van der Waals surface area contributed by atoms with Crippen molar-refractivity contribution in [2.24, 2.45) is 5.92 Å². The molecule has 1 heterocycles. The van der Waals surface area contributed by atoms with Crippen molar-refractivity contribution in [2.75, 3.05) is 6.54 Å². The number of hydrogen-bond donors (Lipinski definition) is 2. The predicted molar refractivity (Wildman–Crippen MR) is 60.3 cm³/mol. The van der Waals surface area contributed by atoms with Gasteiger partial charge in [0.1, 0.15) is 0 Å². The molecule has 1 saturated carbocycles. The van der Waals surface area contributed by atoms with Gasteiger partial charge in [0.05, 0.1) is 5.41 Å². The van der Waals surface area contributed by atoms with Crippen LogP contribution in [-0.4, -0.2) is 23.7 Å². The van der Waals surface area contributed by atoms with Crippen LogP contribution in [0.1, 0.15) is 18.4 Å². The maximum absolute atomic E-state index is 11.7. The molecule has 2 bridgehead atoms. The van der Waals surface area contributed by atoms with Gasteiger partial charge >= 0.3 is 5.97 Å². The fourth-order valence-corrected chi connectivity index (χ4v) is 3.38. The summed E-state index contributed by atoms with van der Waals surface area (Å²) in [5, 5.41) is 13.0. The second kappa shape index (κ2) is 3.32. The lowest BCUT2D eigenvalue weighted by molar-refractivity contribution is -0.145. The topological polar surface area (TPSA) is 49.3 Å². The van der Waals surface area contributed by atoms with E-state index in [1.165, 1.54) is 0 Å². The first-order chi connectivity index (χ1) is 7.73. The van der Waals surface area contributed by atoms with Gasteiger partial charge in [-0.25, -0.2) is 0 Å². The number of hydrogen-bond acceptors (Lipinski definition) is 2. The summed E-state index contributed by atoms with van der Waals surface area (Å²) in [6, 6.07) is 10.1. The van der Waals surface area contributed by atoms with E-state index < -0.39 is 11.4 Å². The van der Waals surface area contributed by atoms with Crippen molar-refractivity contribution in [3.63, 3.8) is 0 Å². The zero-order valence-electron chi connectivity index (χ0n) is 9.02. The number of carboxylic acid groups (broad SMARTS) is 1. The number of nitrogens with one attached hydrogen (secondary N) is 1. The Morgan fingerprint density at radius 3 is 2.62 bits per heavy atom. The van der Waals surface area contributed by atoms with Gasteiger partial charge in [-0.05, 0) is 30.9 Å². The van der Waals surface area contributed by atoms with Crippen LogP contribution in [-0.2, 0) is 10.2 Å². The second-order valence-electron chi connectivity index (χ2n) is 4.88. The van der Waals surface area contributed by atoms with Crippen LogP contribution < -0.4 is 5.32 Å². The second-order valence-corrected chi connectivity index (χ2v) is 4.88. The maximum Gasteiger partial charge on any atom is 0.314 e. The largest absolute Gasteiger partial charge is 0.481 e. The number of benzene rings is 1. The molecule has 0 aromatic heterocycles. The Morgan fingerprint density at radius 2 is 2.12 bits per heavy atom. The van der Waals surface area contributed by atoms with Gasteiger partial charge in [0, 0.05) is 6.04 Å². The Labute approximate surface area is 94.5 Å². The van der Waals surface area contributed by atoms with E-state index in [4.69, 9.17) is 0 Å². The molecule has 16 heavy (non-hydrogen) atoms. The summed E-state index contributed by atoms with van der Waals surface area (Å²) in [4.78, 5) is 11.7. The minimum Gasteiger partial charge on any atom is -0.481 e. The van der Waals surface area contributed by atoms with E-state index in [0.717, 1.165) is 24.9 Å². The first-order valence-corrected chi connectivity index (χ1v) is 5.76. The maximum atomic E-state index is 11.7. The highest BCUT2D eigenvalue weighted by Gasteiger charge is 2.56. The summed E-state index contributed by atoms with van der Waals surface area (Å²) in [6.45, 7) is 0.839. The number of piperidine rings is 1. The van der Waals surface area contributed by atoms with E-state index in [-0.39, 0.29) is 5.92 Å². The predicted octanol–water partition coefficient (Wildman–Crippen LogP) is 1.39. The van der Waals surface area contributed by atoms with Crippen molar-refractivity contribution >= 4 is 5.97 Å². The highest BCUT2D eigenvalue weighted by Crippen LogP contribution is 2.48. The van der Waals surface area contributed by atoms with Crippen LogP contribution >= 0.6 is 0 Å². The van der Waals surface area contributed by atoms with E-state index in [2.05, 4.69) is 5.32 Å². The van der Waals surface area contributed by atoms with Crippen molar-refractivity contribution in [1.29, 1.82) is 0 Å². The third-order valence-corrected chi connectivity index (χ3v) is 4.16. The molecule has 2 aliphatic rings. The third-order valence-electron chi connectivity index (χ3n) is 4.16. The molecule has 3 nitrogen and oxygen atoms in total. The average Bonchev–Trinajstić information content (AvgIpc) is 2.90. The molecule has 1 aromatic carbocycles. The summed E-state index contributed by atoms with van der Waals surface area (Å²) in [5.41, 5.74) is 0.327. The zero-order chi connectivity index (χ0) is 11.2. The minimum atomic E-state index is -0.660. The molecule has 0 spiro atoms. The molecule has 2 N–H and O–H groups in total. The Kier molecular flexibility index (Phi) is 2.04. The summed E-state index contributed by atoms with van der Waals surface area (Å²) in [6.07, 6.45) is 1.73. The number of carbonyl (C=O) groups is 1. The Hall–Kier alpha value is -1.35. The molecule has 3 heteroatoms. The van der Waals surface area contributed by atoms with Crippen LogP contribution in [0.5, 0.6) is 0 Å². The molecule has 2 fully saturated rings. The smallest absolute Gasteiger partial charge is 0.314 e. The van der Waals surface area contributed by atoms with Crippen LogP contribution in [0.3, 0.4) is 0 Å². The Bertz CT molecular complexity index is 417.